The third kappa shape index (κ3) is 3.95. The summed E-state index contributed by atoms with van der Waals surface area (Å²) >= 11 is 0. The van der Waals surface area contributed by atoms with E-state index in [-0.39, 0.29) is 18.6 Å². The first-order valence-corrected chi connectivity index (χ1v) is 6.85. The van der Waals surface area contributed by atoms with Crippen molar-refractivity contribution in [2.24, 2.45) is 0 Å². The van der Waals surface area contributed by atoms with Crippen LogP contribution in [0.5, 0.6) is 5.75 Å². The van der Waals surface area contributed by atoms with Gasteiger partial charge in [0.2, 0.25) is 5.91 Å². The summed E-state index contributed by atoms with van der Waals surface area (Å²) in [5.41, 5.74) is 1.06. The number of carbonyl (C=O) groups excluding carboxylic acids is 1. The van der Waals surface area contributed by atoms with Gasteiger partial charge in [-0.2, -0.15) is 0 Å². The smallest absolute Gasteiger partial charge is 0.329 e. The average Bonchev–Trinajstić information content (AvgIpc) is 2.96. The maximum atomic E-state index is 12.1. The number of carboxylic acid groups (broad SMARTS) is 1. The number of likely N-dealkylation sites (tertiary alicyclic amines) is 1. The van der Waals surface area contributed by atoms with Crippen LogP contribution in [0.4, 0.5) is 0 Å². The first-order chi connectivity index (χ1) is 10.1. The van der Waals surface area contributed by atoms with Gasteiger partial charge in [0.25, 0.3) is 0 Å². The van der Waals surface area contributed by atoms with Crippen molar-refractivity contribution in [2.45, 2.75) is 18.9 Å². The number of rotatable bonds is 6. The molecule has 1 aromatic rings. The van der Waals surface area contributed by atoms with E-state index in [1.165, 1.54) is 0 Å². The Labute approximate surface area is 123 Å². The maximum Gasteiger partial charge on any atom is 0.329 e. The number of hydrogen-bond donors (Lipinski definition) is 1. The molecule has 1 aromatic carbocycles. The van der Waals surface area contributed by atoms with Crippen molar-refractivity contribution in [3.63, 3.8) is 0 Å². The summed E-state index contributed by atoms with van der Waals surface area (Å²) in [6.07, 6.45) is 1.83. The van der Waals surface area contributed by atoms with E-state index in [0.717, 1.165) is 24.2 Å². The molecule has 0 aromatic heterocycles. The molecule has 1 saturated heterocycles. The zero-order valence-corrected chi connectivity index (χ0v) is 11.9. The number of hydrogen-bond acceptors (Lipinski definition) is 4. The van der Waals surface area contributed by atoms with E-state index in [1.54, 1.807) is 12.0 Å². The molecule has 0 radical (unpaired) electrons. The molecule has 2 rings (SSSR count). The molecule has 21 heavy (non-hydrogen) atoms. The number of nitrogens with zero attached hydrogens (tertiary/aromatic N) is 1. The first kappa shape index (κ1) is 15.3. The van der Waals surface area contributed by atoms with E-state index in [1.807, 2.05) is 24.3 Å². The second kappa shape index (κ2) is 7.08. The molecule has 1 N–H and O–H groups in total. The Morgan fingerprint density at radius 2 is 2.00 bits per heavy atom. The lowest BCUT2D eigenvalue weighted by Crippen LogP contribution is -2.34. The molecule has 114 valence electrons. The van der Waals surface area contributed by atoms with Crippen LogP contribution >= 0.6 is 0 Å². The lowest BCUT2D eigenvalue weighted by Gasteiger charge is -2.25. The highest BCUT2D eigenvalue weighted by Crippen LogP contribution is 2.32. The fourth-order valence-corrected chi connectivity index (χ4v) is 2.55. The average molecular weight is 293 g/mol. The van der Waals surface area contributed by atoms with Gasteiger partial charge in [0.15, 0.2) is 0 Å². The van der Waals surface area contributed by atoms with Crippen LogP contribution in [0.2, 0.25) is 0 Å². The largest absolute Gasteiger partial charge is 0.497 e. The number of benzene rings is 1. The standard InChI is InChI=1S/C15H19NO5/c1-20-12-6-4-11(5-7-12)13-3-2-8-16(13)14(17)9-21-10-15(18)19/h4-7,13H,2-3,8-10H2,1H3,(H,18,19). The Morgan fingerprint density at radius 1 is 1.29 bits per heavy atom. The van der Waals surface area contributed by atoms with E-state index in [4.69, 9.17) is 14.6 Å². The van der Waals surface area contributed by atoms with Crippen LogP contribution in [0.25, 0.3) is 0 Å². The minimum Gasteiger partial charge on any atom is -0.497 e. The fraction of sp³-hybridized carbons (Fsp3) is 0.467. The molecule has 6 heteroatoms. The third-order valence-electron chi connectivity index (χ3n) is 3.52. The number of ether oxygens (including phenoxy) is 2. The van der Waals surface area contributed by atoms with Crippen LogP contribution in [-0.2, 0) is 14.3 Å². The molecule has 1 heterocycles. The van der Waals surface area contributed by atoms with Crippen LogP contribution in [0.15, 0.2) is 24.3 Å². The van der Waals surface area contributed by atoms with Gasteiger partial charge in [-0.15, -0.1) is 0 Å². The van der Waals surface area contributed by atoms with Crippen LogP contribution in [0, 0.1) is 0 Å². The molecule has 0 bridgehead atoms. The normalized spacial score (nSPS) is 17.8. The van der Waals surface area contributed by atoms with Crippen molar-refractivity contribution in [1.82, 2.24) is 4.90 Å². The first-order valence-electron chi connectivity index (χ1n) is 6.85. The van der Waals surface area contributed by atoms with Gasteiger partial charge in [-0.05, 0) is 30.5 Å². The molecule has 1 unspecified atom stereocenters. The Bertz CT molecular complexity index is 499. The molecule has 0 spiro atoms. The highest BCUT2D eigenvalue weighted by molar-refractivity contribution is 5.78. The quantitative estimate of drug-likeness (QED) is 0.859. The van der Waals surface area contributed by atoms with Crippen molar-refractivity contribution >= 4 is 11.9 Å². The molecule has 1 atom stereocenters. The predicted molar refractivity (Wildman–Crippen MR) is 75.1 cm³/mol. The van der Waals surface area contributed by atoms with E-state index in [9.17, 15) is 9.59 Å². The Kier molecular flexibility index (Phi) is 5.16. The summed E-state index contributed by atoms with van der Waals surface area (Å²) in [5.74, 6) is -0.468. The highest BCUT2D eigenvalue weighted by Gasteiger charge is 2.29. The summed E-state index contributed by atoms with van der Waals surface area (Å²) in [4.78, 5) is 24.3. The number of methoxy groups -OCH3 is 1. The zero-order valence-electron chi connectivity index (χ0n) is 11.9. The SMILES string of the molecule is COc1ccc(C2CCCN2C(=O)COCC(=O)O)cc1. The van der Waals surface area contributed by atoms with Crippen molar-refractivity contribution in [3.05, 3.63) is 29.8 Å². The van der Waals surface area contributed by atoms with Crippen molar-refractivity contribution in [1.29, 1.82) is 0 Å². The summed E-state index contributed by atoms with van der Waals surface area (Å²) in [6, 6.07) is 7.67. The Hall–Kier alpha value is -2.08. The van der Waals surface area contributed by atoms with Gasteiger partial charge in [0.1, 0.15) is 19.0 Å². The molecular formula is C15H19NO5. The Balaban J connectivity index is 1.98. The predicted octanol–water partition coefficient (Wildman–Crippen LogP) is 1.46. The highest BCUT2D eigenvalue weighted by atomic mass is 16.5. The van der Waals surface area contributed by atoms with Gasteiger partial charge in [-0.25, -0.2) is 4.79 Å². The third-order valence-corrected chi connectivity index (χ3v) is 3.52. The summed E-state index contributed by atoms with van der Waals surface area (Å²) in [7, 11) is 1.61. The number of carbonyl (C=O) groups is 2. The lowest BCUT2D eigenvalue weighted by molar-refractivity contribution is -0.146. The molecule has 1 aliphatic heterocycles. The molecular weight excluding hydrogens is 274 g/mol. The van der Waals surface area contributed by atoms with E-state index >= 15 is 0 Å². The Morgan fingerprint density at radius 3 is 2.62 bits per heavy atom. The topological polar surface area (TPSA) is 76.1 Å². The molecule has 0 saturated carbocycles. The minimum absolute atomic E-state index is 0.0248. The molecule has 1 fully saturated rings. The lowest BCUT2D eigenvalue weighted by atomic mass is 10.0. The number of amides is 1. The van der Waals surface area contributed by atoms with Gasteiger partial charge >= 0.3 is 5.97 Å². The summed E-state index contributed by atoms with van der Waals surface area (Å²) in [5, 5.41) is 8.51. The molecule has 1 aliphatic rings. The molecule has 1 amide bonds. The van der Waals surface area contributed by atoms with Crippen LogP contribution in [-0.4, -0.2) is 48.8 Å². The monoisotopic (exact) mass is 293 g/mol. The molecule has 0 aliphatic carbocycles. The van der Waals surface area contributed by atoms with Gasteiger partial charge in [-0.1, -0.05) is 12.1 Å². The van der Waals surface area contributed by atoms with Crippen molar-refractivity contribution < 1.29 is 24.2 Å². The number of aliphatic carboxylic acids is 1. The minimum atomic E-state index is -1.07. The maximum absolute atomic E-state index is 12.1. The van der Waals surface area contributed by atoms with Crippen LogP contribution < -0.4 is 4.74 Å². The van der Waals surface area contributed by atoms with Gasteiger partial charge in [-0.3, -0.25) is 4.79 Å². The van der Waals surface area contributed by atoms with Crippen molar-refractivity contribution in [3.8, 4) is 5.75 Å². The number of carboxylic acids is 1. The fourth-order valence-electron chi connectivity index (χ4n) is 2.55. The van der Waals surface area contributed by atoms with Gasteiger partial charge < -0.3 is 19.5 Å². The van der Waals surface area contributed by atoms with Gasteiger partial charge in [0.05, 0.1) is 13.2 Å². The van der Waals surface area contributed by atoms with Gasteiger partial charge in [0, 0.05) is 6.54 Å². The van der Waals surface area contributed by atoms with Crippen LogP contribution in [0.3, 0.4) is 0 Å². The summed E-state index contributed by atoms with van der Waals surface area (Å²) in [6.45, 7) is 0.0255. The van der Waals surface area contributed by atoms with E-state index in [0.29, 0.717) is 6.54 Å². The summed E-state index contributed by atoms with van der Waals surface area (Å²) < 4.78 is 10.0. The van der Waals surface area contributed by atoms with E-state index in [2.05, 4.69) is 0 Å². The molecule has 6 nitrogen and oxygen atoms in total. The second-order valence-corrected chi connectivity index (χ2v) is 4.90. The second-order valence-electron chi connectivity index (χ2n) is 4.90. The van der Waals surface area contributed by atoms with Crippen LogP contribution in [0.1, 0.15) is 24.4 Å². The van der Waals surface area contributed by atoms with Crippen molar-refractivity contribution in [2.75, 3.05) is 26.9 Å². The van der Waals surface area contributed by atoms with E-state index < -0.39 is 12.6 Å². The zero-order chi connectivity index (χ0) is 15.2.